The van der Waals surface area contributed by atoms with Crippen LogP contribution in [-0.4, -0.2) is 32.1 Å². The summed E-state index contributed by atoms with van der Waals surface area (Å²) >= 11 is 0. The third kappa shape index (κ3) is 4.13. The van der Waals surface area contributed by atoms with Gasteiger partial charge in [-0.15, -0.1) is 0 Å². The summed E-state index contributed by atoms with van der Waals surface area (Å²) in [5.41, 5.74) is 2.43. The molecule has 0 spiro atoms. The van der Waals surface area contributed by atoms with Gasteiger partial charge in [-0.05, 0) is 19.0 Å². The fourth-order valence-corrected chi connectivity index (χ4v) is 1.21. The maximum absolute atomic E-state index is 3.92. The van der Waals surface area contributed by atoms with E-state index in [1.54, 1.807) is 0 Å². The summed E-state index contributed by atoms with van der Waals surface area (Å²) in [4.78, 5) is 2.30. The van der Waals surface area contributed by atoms with Crippen molar-refractivity contribution >= 4 is 0 Å². The smallest absolute Gasteiger partial charge is 0.0294 e. The molecule has 1 rings (SSSR count). The minimum Gasteiger partial charge on any atom is -0.388 e. The molecule has 2 nitrogen and oxygen atoms in total. The average Bonchev–Trinajstić information content (AvgIpc) is 2.21. The van der Waals surface area contributed by atoms with Gasteiger partial charge >= 0.3 is 0 Å². The number of nitrogens with zero attached hydrogens (tertiary/aromatic N) is 1. The van der Waals surface area contributed by atoms with E-state index in [-0.39, 0.29) is 0 Å². The first-order chi connectivity index (χ1) is 6.24. The molecule has 1 aliphatic rings. The number of allylic oxidation sites excluding steroid dienone is 1. The first-order valence-corrected chi connectivity index (χ1v) is 4.98. The highest BCUT2D eigenvalue weighted by molar-refractivity contribution is 5.28. The van der Waals surface area contributed by atoms with Gasteiger partial charge < -0.3 is 10.2 Å². The molecule has 0 unspecified atom stereocenters. The Bertz CT molecular complexity index is 183. The van der Waals surface area contributed by atoms with Crippen LogP contribution in [-0.2, 0) is 0 Å². The molecule has 0 aliphatic carbocycles. The average molecular weight is 182 g/mol. The van der Waals surface area contributed by atoms with Crippen LogP contribution in [0, 0.1) is 0 Å². The number of nitrogens with one attached hydrogen (secondary N) is 1. The number of hydrogen-bond donors (Lipinski definition) is 1. The zero-order chi connectivity index (χ0) is 10.3. The molecule has 0 bridgehead atoms. The molecule has 0 radical (unpaired) electrons. The van der Waals surface area contributed by atoms with Gasteiger partial charge in [-0.3, -0.25) is 0 Å². The zero-order valence-corrected chi connectivity index (χ0v) is 9.35. The molecule has 0 saturated heterocycles. The van der Waals surface area contributed by atoms with Gasteiger partial charge in [0.1, 0.15) is 0 Å². The molecule has 0 atom stereocenters. The summed E-state index contributed by atoms with van der Waals surface area (Å²) in [5, 5.41) is 3.07. The Labute approximate surface area is 82.3 Å². The number of rotatable bonds is 2. The van der Waals surface area contributed by atoms with Crippen LogP contribution in [0.25, 0.3) is 0 Å². The van der Waals surface area contributed by atoms with E-state index < -0.39 is 0 Å². The van der Waals surface area contributed by atoms with Crippen LogP contribution in [0.15, 0.2) is 23.9 Å². The van der Waals surface area contributed by atoms with Crippen molar-refractivity contribution in [1.29, 1.82) is 0 Å². The second-order valence-electron chi connectivity index (χ2n) is 2.97. The van der Waals surface area contributed by atoms with E-state index in [2.05, 4.69) is 29.9 Å². The van der Waals surface area contributed by atoms with E-state index in [0.717, 1.165) is 25.2 Å². The second kappa shape index (κ2) is 6.72. The Kier molecular flexibility index (Phi) is 6.33. The predicted octanol–water partition coefficient (Wildman–Crippen LogP) is 2.01. The standard InChI is InChI=1S/C9H16N2.C2H6/c1-8(10-2)9-4-6-11(3)7-5-9;1-2/h4,10H,1,5-7H2,2-3H3;1-2H3. The lowest BCUT2D eigenvalue weighted by atomic mass is 10.1. The van der Waals surface area contributed by atoms with Gasteiger partial charge in [-0.1, -0.05) is 26.5 Å². The minimum atomic E-state index is 1.05. The molecule has 0 fully saturated rings. The van der Waals surface area contributed by atoms with Crippen molar-refractivity contribution in [1.82, 2.24) is 10.2 Å². The summed E-state index contributed by atoms with van der Waals surface area (Å²) in [5.74, 6) is 0. The molecule has 76 valence electrons. The summed E-state index contributed by atoms with van der Waals surface area (Å²) in [6, 6.07) is 0. The highest BCUT2D eigenvalue weighted by Gasteiger charge is 2.08. The highest BCUT2D eigenvalue weighted by Crippen LogP contribution is 2.13. The quantitative estimate of drug-likeness (QED) is 0.703. The van der Waals surface area contributed by atoms with Crippen LogP contribution >= 0.6 is 0 Å². The molecule has 0 aromatic rings. The SMILES string of the molecule is C=C(NC)C1=CCN(C)CC1.CC. The molecule has 2 heteroatoms. The summed E-state index contributed by atoms with van der Waals surface area (Å²) in [7, 11) is 4.05. The van der Waals surface area contributed by atoms with Gasteiger partial charge in [-0.2, -0.15) is 0 Å². The predicted molar refractivity (Wildman–Crippen MR) is 59.7 cm³/mol. The molecule has 0 amide bonds. The number of hydrogen-bond acceptors (Lipinski definition) is 2. The lowest BCUT2D eigenvalue weighted by molar-refractivity contribution is 0.360. The van der Waals surface area contributed by atoms with Crippen molar-refractivity contribution in [2.75, 3.05) is 27.2 Å². The van der Waals surface area contributed by atoms with E-state index in [1.165, 1.54) is 5.57 Å². The second-order valence-corrected chi connectivity index (χ2v) is 2.97. The van der Waals surface area contributed by atoms with Crippen LogP contribution in [0.4, 0.5) is 0 Å². The fourth-order valence-electron chi connectivity index (χ4n) is 1.21. The minimum absolute atomic E-state index is 1.05. The van der Waals surface area contributed by atoms with Gasteiger partial charge in [0.2, 0.25) is 0 Å². The highest BCUT2D eigenvalue weighted by atomic mass is 15.1. The molecular weight excluding hydrogens is 160 g/mol. The maximum atomic E-state index is 3.92. The summed E-state index contributed by atoms with van der Waals surface area (Å²) in [6.07, 6.45) is 3.36. The Hall–Kier alpha value is -0.760. The van der Waals surface area contributed by atoms with Gasteiger partial charge in [0.15, 0.2) is 0 Å². The van der Waals surface area contributed by atoms with Crippen molar-refractivity contribution in [2.45, 2.75) is 20.3 Å². The van der Waals surface area contributed by atoms with Crippen molar-refractivity contribution in [2.24, 2.45) is 0 Å². The Morgan fingerprint density at radius 2 is 2.15 bits per heavy atom. The normalized spacial score (nSPS) is 16.8. The fraction of sp³-hybridized carbons (Fsp3) is 0.636. The molecule has 1 heterocycles. The summed E-state index contributed by atoms with van der Waals surface area (Å²) in [6.45, 7) is 10.1. The maximum Gasteiger partial charge on any atom is 0.0294 e. The molecule has 0 aromatic heterocycles. The van der Waals surface area contributed by atoms with Gasteiger partial charge in [0, 0.05) is 25.8 Å². The summed E-state index contributed by atoms with van der Waals surface area (Å²) < 4.78 is 0. The largest absolute Gasteiger partial charge is 0.388 e. The Morgan fingerprint density at radius 3 is 2.54 bits per heavy atom. The monoisotopic (exact) mass is 182 g/mol. The molecule has 13 heavy (non-hydrogen) atoms. The van der Waals surface area contributed by atoms with Crippen molar-refractivity contribution in [3.63, 3.8) is 0 Å². The molecular formula is C11H22N2. The number of likely N-dealkylation sites (N-methyl/N-ethyl adjacent to an activating group) is 2. The lowest BCUT2D eigenvalue weighted by Crippen LogP contribution is -2.25. The Balaban J connectivity index is 0.000000671. The molecule has 1 aliphatic heterocycles. The lowest BCUT2D eigenvalue weighted by Gasteiger charge is -2.22. The first kappa shape index (κ1) is 12.2. The van der Waals surface area contributed by atoms with Gasteiger partial charge in [-0.25, -0.2) is 0 Å². The van der Waals surface area contributed by atoms with Gasteiger partial charge in [0.25, 0.3) is 0 Å². The van der Waals surface area contributed by atoms with Crippen LogP contribution in [0.2, 0.25) is 0 Å². The van der Waals surface area contributed by atoms with Crippen molar-refractivity contribution in [3.05, 3.63) is 23.9 Å². The third-order valence-electron chi connectivity index (χ3n) is 2.10. The van der Waals surface area contributed by atoms with E-state index in [4.69, 9.17) is 0 Å². The van der Waals surface area contributed by atoms with Crippen molar-refractivity contribution < 1.29 is 0 Å². The van der Waals surface area contributed by atoms with Crippen LogP contribution < -0.4 is 5.32 Å². The van der Waals surface area contributed by atoms with E-state index in [1.807, 2.05) is 20.9 Å². The van der Waals surface area contributed by atoms with E-state index in [9.17, 15) is 0 Å². The molecule has 0 saturated carbocycles. The van der Waals surface area contributed by atoms with Crippen molar-refractivity contribution in [3.8, 4) is 0 Å². The Morgan fingerprint density at radius 1 is 1.54 bits per heavy atom. The van der Waals surface area contributed by atoms with E-state index >= 15 is 0 Å². The third-order valence-corrected chi connectivity index (χ3v) is 2.10. The van der Waals surface area contributed by atoms with Gasteiger partial charge in [0.05, 0.1) is 0 Å². The topological polar surface area (TPSA) is 15.3 Å². The van der Waals surface area contributed by atoms with Crippen LogP contribution in [0.1, 0.15) is 20.3 Å². The van der Waals surface area contributed by atoms with Crippen LogP contribution in [0.3, 0.4) is 0 Å². The van der Waals surface area contributed by atoms with E-state index in [0.29, 0.717) is 0 Å². The first-order valence-electron chi connectivity index (χ1n) is 4.98. The zero-order valence-electron chi connectivity index (χ0n) is 9.35. The van der Waals surface area contributed by atoms with Crippen LogP contribution in [0.5, 0.6) is 0 Å². The molecule has 0 aromatic carbocycles. The molecule has 1 N–H and O–H groups in total.